The van der Waals surface area contributed by atoms with Crippen molar-refractivity contribution in [2.75, 3.05) is 44.7 Å². The Bertz CT molecular complexity index is 743. The first kappa shape index (κ1) is 16.9. The van der Waals surface area contributed by atoms with Crippen LogP contribution >= 0.6 is 15.9 Å². The molecular weight excluding hydrogens is 382 g/mol. The smallest absolute Gasteiger partial charge is 0.245 e. The Labute approximate surface area is 145 Å². The zero-order valence-electron chi connectivity index (χ0n) is 13.2. The number of rotatable bonds is 2. The van der Waals surface area contributed by atoms with E-state index >= 15 is 0 Å². The van der Waals surface area contributed by atoms with Crippen molar-refractivity contribution in [3.63, 3.8) is 0 Å². The third-order valence-corrected chi connectivity index (χ3v) is 6.82. The van der Waals surface area contributed by atoms with Crippen molar-refractivity contribution < 1.29 is 13.2 Å². The minimum Gasteiger partial charge on any atom is -0.311 e. The Hall–Kier alpha value is -0.960. The summed E-state index contributed by atoms with van der Waals surface area (Å²) in [5.74, 6) is -0.124. The number of halogens is 1. The van der Waals surface area contributed by atoms with Gasteiger partial charge in [-0.25, -0.2) is 8.42 Å². The van der Waals surface area contributed by atoms with Crippen LogP contribution in [0.2, 0.25) is 0 Å². The van der Waals surface area contributed by atoms with E-state index in [0.29, 0.717) is 44.8 Å². The Morgan fingerprint density at radius 1 is 1.13 bits per heavy atom. The van der Waals surface area contributed by atoms with Crippen LogP contribution in [0.15, 0.2) is 21.5 Å². The van der Waals surface area contributed by atoms with Crippen LogP contribution in [0.5, 0.6) is 0 Å². The fourth-order valence-electron chi connectivity index (χ4n) is 3.15. The maximum atomic E-state index is 13.1. The molecule has 1 aromatic rings. The van der Waals surface area contributed by atoms with Gasteiger partial charge in [0, 0.05) is 44.1 Å². The van der Waals surface area contributed by atoms with Gasteiger partial charge in [-0.1, -0.05) is 15.9 Å². The van der Waals surface area contributed by atoms with Gasteiger partial charge >= 0.3 is 0 Å². The van der Waals surface area contributed by atoms with Crippen molar-refractivity contribution in [1.29, 1.82) is 0 Å². The molecule has 0 bridgehead atoms. The number of likely N-dealkylation sites (N-methyl/N-ethyl adjacent to an activating group) is 1. The van der Waals surface area contributed by atoms with Gasteiger partial charge in [-0.15, -0.1) is 0 Å². The number of amides is 1. The Kier molecular flexibility index (Phi) is 4.52. The average molecular weight is 402 g/mol. The number of fused-ring (bicyclic) bond motifs is 1. The summed E-state index contributed by atoms with van der Waals surface area (Å²) in [4.78, 5) is 15.8. The summed E-state index contributed by atoms with van der Waals surface area (Å²) in [6.07, 6.45) is 0.680. The fraction of sp³-hybridized carbons (Fsp3) is 0.533. The number of hydrogen-bond acceptors (Lipinski definition) is 4. The largest absolute Gasteiger partial charge is 0.311 e. The van der Waals surface area contributed by atoms with Gasteiger partial charge in [0.15, 0.2) is 0 Å². The van der Waals surface area contributed by atoms with Crippen LogP contribution in [0.4, 0.5) is 5.69 Å². The van der Waals surface area contributed by atoms with E-state index in [4.69, 9.17) is 0 Å². The predicted molar refractivity (Wildman–Crippen MR) is 92.1 cm³/mol. The third-order valence-electron chi connectivity index (χ3n) is 4.45. The van der Waals surface area contributed by atoms with E-state index in [1.807, 2.05) is 13.1 Å². The second kappa shape index (κ2) is 6.16. The molecule has 1 aromatic carbocycles. The molecule has 126 valence electrons. The predicted octanol–water partition coefficient (Wildman–Crippen LogP) is 1.29. The highest BCUT2D eigenvalue weighted by Gasteiger charge is 2.35. The topological polar surface area (TPSA) is 60.9 Å². The number of carbonyl (C=O) groups is 1. The summed E-state index contributed by atoms with van der Waals surface area (Å²) in [5, 5.41) is 0. The van der Waals surface area contributed by atoms with Crippen LogP contribution < -0.4 is 4.90 Å². The number of sulfonamides is 1. The number of nitrogens with zero attached hydrogens (tertiary/aromatic N) is 3. The second-order valence-corrected chi connectivity index (χ2v) is 8.86. The van der Waals surface area contributed by atoms with Crippen LogP contribution in [-0.4, -0.2) is 63.3 Å². The highest BCUT2D eigenvalue weighted by atomic mass is 79.9. The molecule has 0 spiro atoms. The van der Waals surface area contributed by atoms with E-state index in [2.05, 4.69) is 20.8 Å². The summed E-state index contributed by atoms with van der Waals surface area (Å²) in [7, 11) is -1.63. The highest BCUT2D eigenvalue weighted by Crippen LogP contribution is 2.38. The molecule has 2 aliphatic heterocycles. The van der Waals surface area contributed by atoms with E-state index in [-0.39, 0.29) is 10.8 Å². The molecule has 0 aliphatic carbocycles. The molecule has 8 heteroatoms. The zero-order valence-corrected chi connectivity index (χ0v) is 15.7. The third kappa shape index (κ3) is 3.05. The fourth-order valence-corrected chi connectivity index (χ4v) is 5.49. The number of anilines is 1. The van der Waals surface area contributed by atoms with Gasteiger partial charge in [0.1, 0.15) is 4.90 Å². The van der Waals surface area contributed by atoms with Gasteiger partial charge in [0.25, 0.3) is 0 Å². The van der Waals surface area contributed by atoms with Gasteiger partial charge in [-0.2, -0.15) is 4.31 Å². The molecule has 6 nitrogen and oxygen atoms in total. The quantitative estimate of drug-likeness (QED) is 0.748. The van der Waals surface area contributed by atoms with Crippen molar-refractivity contribution in [3.05, 3.63) is 22.2 Å². The van der Waals surface area contributed by atoms with Gasteiger partial charge in [0.2, 0.25) is 15.9 Å². The molecule has 0 radical (unpaired) electrons. The van der Waals surface area contributed by atoms with E-state index in [1.165, 1.54) is 11.2 Å². The van der Waals surface area contributed by atoms with E-state index in [0.717, 1.165) is 10.0 Å². The van der Waals surface area contributed by atoms with Crippen molar-refractivity contribution in [2.24, 2.45) is 0 Å². The first-order valence-corrected chi connectivity index (χ1v) is 9.83. The minimum atomic E-state index is -3.62. The van der Waals surface area contributed by atoms with Crippen LogP contribution in [-0.2, 0) is 21.2 Å². The molecule has 3 rings (SSSR count). The number of piperazine rings is 1. The summed E-state index contributed by atoms with van der Waals surface area (Å²) >= 11 is 3.40. The molecule has 0 unspecified atom stereocenters. The zero-order chi connectivity index (χ0) is 16.8. The van der Waals surface area contributed by atoms with Crippen LogP contribution in [0.25, 0.3) is 0 Å². The lowest BCUT2D eigenvalue weighted by atomic mass is 10.2. The van der Waals surface area contributed by atoms with E-state index < -0.39 is 10.0 Å². The molecule has 0 aromatic heterocycles. The molecule has 1 fully saturated rings. The SMILES string of the molecule is CC(=O)N1CCc2cc(Br)cc(S(=O)(=O)N3CCN(C)CC3)c21. The molecule has 1 saturated heterocycles. The molecule has 2 heterocycles. The Morgan fingerprint density at radius 2 is 1.78 bits per heavy atom. The van der Waals surface area contributed by atoms with Crippen molar-refractivity contribution in [1.82, 2.24) is 9.21 Å². The van der Waals surface area contributed by atoms with Crippen LogP contribution in [0.1, 0.15) is 12.5 Å². The maximum absolute atomic E-state index is 13.1. The standard InChI is InChI=1S/C15H20BrN3O3S/c1-11(20)19-4-3-12-9-13(16)10-14(15(12)19)23(21,22)18-7-5-17(2)6-8-18/h9-10H,3-8H2,1-2H3. The molecular formula is C15H20BrN3O3S. The minimum absolute atomic E-state index is 0.124. The first-order chi connectivity index (χ1) is 10.8. The van der Waals surface area contributed by atoms with Crippen LogP contribution in [0, 0.1) is 0 Å². The molecule has 0 saturated carbocycles. The summed E-state index contributed by atoms with van der Waals surface area (Å²) < 4.78 is 28.5. The Balaban J connectivity index is 2.07. The van der Waals surface area contributed by atoms with Crippen molar-refractivity contribution in [2.45, 2.75) is 18.2 Å². The highest BCUT2D eigenvalue weighted by molar-refractivity contribution is 9.10. The van der Waals surface area contributed by atoms with Crippen molar-refractivity contribution in [3.8, 4) is 0 Å². The van der Waals surface area contributed by atoms with Crippen LogP contribution in [0.3, 0.4) is 0 Å². The molecule has 2 aliphatic rings. The van der Waals surface area contributed by atoms with Crippen molar-refractivity contribution >= 4 is 37.5 Å². The number of benzene rings is 1. The molecule has 0 N–H and O–H groups in total. The Morgan fingerprint density at radius 3 is 2.39 bits per heavy atom. The van der Waals surface area contributed by atoms with E-state index in [1.54, 1.807) is 11.0 Å². The van der Waals surface area contributed by atoms with E-state index in [9.17, 15) is 13.2 Å². The lowest BCUT2D eigenvalue weighted by Gasteiger charge is -2.32. The number of hydrogen-bond donors (Lipinski definition) is 0. The molecule has 23 heavy (non-hydrogen) atoms. The number of carbonyl (C=O) groups excluding carboxylic acids is 1. The van der Waals surface area contributed by atoms with Gasteiger partial charge in [0.05, 0.1) is 5.69 Å². The normalized spacial score (nSPS) is 19.9. The molecule has 1 amide bonds. The summed E-state index contributed by atoms with van der Waals surface area (Å²) in [5.41, 5.74) is 1.46. The van der Waals surface area contributed by atoms with Gasteiger partial charge in [-0.05, 0) is 31.2 Å². The van der Waals surface area contributed by atoms with Gasteiger partial charge in [-0.3, -0.25) is 4.79 Å². The summed E-state index contributed by atoms with van der Waals surface area (Å²) in [6, 6.07) is 3.52. The lowest BCUT2D eigenvalue weighted by molar-refractivity contribution is -0.116. The summed E-state index contributed by atoms with van der Waals surface area (Å²) in [6.45, 7) is 4.38. The van der Waals surface area contributed by atoms with Gasteiger partial charge < -0.3 is 9.80 Å². The second-order valence-electron chi connectivity index (χ2n) is 6.04. The average Bonchev–Trinajstić information content (AvgIpc) is 2.90. The first-order valence-electron chi connectivity index (χ1n) is 7.60. The lowest BCUT2D eigenvalue weighted by Crippen LogP contribution is -2.47. The molecule has 0 atom stereocenters. The maximum Gasteiger partial charge on any atom is 0.245 e. The monoisotopic (exact) mass is 401 g/mol.